The van der Waals surface area contributed by atoms with E-state index in [-0.39, 0.29) is 12.5 Å². The minimum absolute atomic E-state index is 0.0857. The number of ether oxygens (including phenoxy) is 1. The van der Waals surface area contributed by atoms with Crippen LogP contribution in [0.15, 0.2) is 0 Å². The fourth-order valence-electron chi connectivity index (χ4n) is 1.68. The first kappa shape index (κ1) is 16.4. The molecule has 3 nitrogen and oxygen atoms in total. The maximum Gasteiger partial charge on any atom is 0.248 e. The van der Waals surface area contributed by atoms with Gasteiger partial charge in [0.1, 0.15) is 6.61 Å². The fraction of sp³-hybridized carbons (Fsp3) is 0.929. The van der Waals surface area contributed by atoms with Crippen molar-refractivity contribution in [3.05, 3.63) is 0 Å². The molecule has 1 amide bonds. The van der Waals surface area contributed by atoms with Crippen molar-refractivity contribution in [1.29, 1.82) is 0 Å². The summed E-state index contributed by atoms with van der Waals surface area (Å²) in [5.74, 6) is 1.35. The lowest BCUT2D eigenvalue weighted by molar-refractivity contribution is -0.135. The first-order valence-electron chi connectivity index (χ1n) is 6.75. The molecule has 0 fully saturated rings. The number of carbonyl (C=O) groups excluding carboxylic acids is 1. The Morgan fingerprint density at radius 3 is 2.29 bits per heavy atom. The molecule has 0 rings (SSSR count). The molecule has 0 N–H and O–H groups in total. The van der Waals surface area contributed by atoms with Crippen LogP contribution in [0.3, 0.4) is 0 Å². The molecule has 0 saturated heterocycles. The van der Waals surface area contributed by atoms with Crippen LogP contribution in [0.5, 0.6) is 0 Å². The minimum atomic E-state index is 0.0857. The Morgan fingerprint density at radius 2 is 1.76 bits per heavy atom. The Bertz CT molecular complexity index is 202. The third-order valence-electron chi connectivity index (χ3n) is 2.61. The number of nitrogens with zero attached hydrogens (tertiary/aromatic N) is 1. The number of hydrogen-bond acceptors (Lipinski definition) is 2. The summed E-state index contributed by atoms with van der Waals surface area (Å²) < 4.78 is 5.39. The first-order chi connectivity index (χ1) is 7.93. The van der Waals surface area contributed by atoms with Crippen molar-refractivity contribution in [1.82, 2.24) is 4.90 Å². The molecule has 0 radical (unpaired) electrons. The molecule has 102 valence electrons. The Labute approximate surface area is 107 Å². The molecule has 0 saturated carbocycles. The van der Waals surface area contributed by atoms with E-state index >= 15 is 0 Å². The smallest absolute Gasteiger partial charge is 0.248 e. The van der Waals surface area contributed by atoms with Crippen LogP contribution in [0.2, 0.25) is 0 Å². The van der Waals surface area contributed by atoms with E-state index in [1.165, 1.54) is 12.8 Å². The second-order valence-electron chi connectivity index (χ2n) is 5.61. The van der Waals surface area contributed by atoms with Crippen molar-refractivity contribution in [3.63, 3.8) is 0 Å². The average molecular weight is 243 g/mol. The zero-order valence-corrected chi connectivity index (χ0v) is 12.2. The molecular formula is C14H29NO2. The summed E-state index contributed by atoms with van der Waals surface area (Å²) in [6, 6.07) is 0. The highest BCUT2D eigenvalue weighted by Gasteiger charge is 2.09. The van der Waals surface area contributed by atoms with Crippen LogP contribution in [0, 0.1) is 11.8 Å². The Balaban J connectivity index is 3.45. The molecule has 0 spiro atoms. The van der Waals surface area contributed by atoms with Crippen molar-refractivity contribution in [2.45, 2.75) is 47.0 Å². The van der Waals surface area contributed by atoms with Crippen LogP contribution >= 0.6 is 0 Å². The normalized spacial score (nSPS) is 11.2. The van der Waals surface area contributed by atoms with E-state index in [1.807, 2.05) is 7.05 Å². The van der Waals surface area contributed by atoms with Gasteiger partial charge in [-0.05, 0) is 18.3 Å². The largest absolute Gasteiger partial charge is 0.372 e. The number of unbranched alkanes of at least 4 members (excludes halogenated alkanes) is 1. The number of hydrogen-bond donors (Lipinski definition) is 0. The average Bonchev–Trinajstić information content (AvgIpc) is 2.21. The van der Waals surface area contributed by atoms with E-state index < -0.39 is 0 Å². The van der Waals surface area contributed by atoms with Crippen molar-refractivity contribution in [2.24, 2.45) is 11.8 Å². The molecule has 3 heteroatoms. The molecule has 0 heterocycles. The van der Waals surface area contributed by atoms with Gasteiger partial charge in [-0.2, -0.15) is 0 Å². The van der Waals surface area contributed by atoms with Crippen LogP contribution in [0.4, 0.5) is 0 Å². The molecule has 0 aromatic rings. The van der Waals surface area contributed by atoms with Gasteiger partial charge in [0.2, 0.25) is 5.91 Å². The molecule has 0 unspecified atom stereocenters. The standard InChI is InChI=1S/C14H29NO2/c1-12(2)8-6-7-9-17-11-14(16)15(5)10-13(3)4/h12-13H,6-11H2,1-5H3. The third kappa shape index (κ3) is 10.3. The minimum Gasteiger partial charge on any atom is -0.372 e. The van der Waals surface area contributed by atoms with Crippen LogP contribution in [0.1, 0.15) is 47.0 Å². The van der Waals surface area contributed by atoms with Gasteiger partial charge in [-0.3, -0.25) is 4.79 Å². The summed E-state index contributed by atoms with van der Waals surface area (Å²) in [6.07, 6.45) is 3.48. The fourth-order valence-corrected chi connectivity index (χ4v) is 1.68. The second kappa shape index (κ2) is 9.46. The van der Waals surface area contributed by atoms with Crippen molar-refractivity contribution in [2.75, 3.05) is 26.8 Å². The lowest BCUT2D eigenvalue weighted by Crippen LogP contribution is -2.33. The topological polar surface area (TPSA) is 29.5 Å². The Hall–Kier alpha value is -0.570. The maximum absolute atomic E-state index is 11.6. The van der Waals surface area contributed by atoms with E-state index in [9.17, 15) is 4.79 Å². The molecule has 0 atom stereocenters. The zero-order chi connectivity index (χ0) is 13.3. The highest BCUT2D eigenvalue weighted by atomic mass is 16.5. The predicted octanol–water partition coefficient (Wildman–Crippen LogP) is 2.94. The van der Waals surface area contributed by atoms with Gasteiger partial charge in [0.15, 0.2) is 0 Å². The molecule has 0 aliphatic carbocycles. The summed E-state index contributed by atoms with van der Waals surface area (Å²) in [5, 5.41) is 0. The quantitative estimate of drug-likeness (QED) is 0.583. The second-order valence-corrected chi connectivity index (χ2v) is 5.61. The van der Waals surface area contributed by atoms with Crippen molar-refractivity contribution < 1.29 is 9.53 Å². The van der Waals surface area contributed by atoms with Gasteiger partial charge >= 0.3 is 0 Å². The summed E-state index contributed by atoms with van der Waals surface area (Å²) >= 11 is 0. The van der Waals surface area contributed by atoms with Crippen LogP contribution in [0.25, 0.3) is 0 Å². The van der Waals surface area contributed by atoms with E-state index in [0.717, 1.165) is 18.9 Å². The molecule has 17 heavy (non-hydrogen) atoms. The van der Waals surface area contributed by atoms with E-state index in [1.54, 1.807) is 4.90 Å². The number of likely N-dealkylation sites (N-methyl/N-ethyl adjacent to an activating group) is 1. The lowest BCUT2D eigenvalue weighted by Gasteiger charge is -2.19. The van der Waals surface area contributed by atoms with Crippen molar-refractivity contribution >= 4 is 5.91 Å². The molecule has 0 aromatic heterocycles. The van der Waals surface area contributed by atoms with Gasteiger partial charge in [0, 0.05) is 20.2 Å². The Morgan fingerprint density at radius 1 is 1.12 bits per heavy atom. The van der Waals surface area contributed by atoms with Crippen LogP contribution in [-0.2, 0) is 9.53 Å². The number of amides is 1. The summed E-state index contributed by atoms with van der Waals surface area (Å²) in [4.78, 5) is 13.4. The zero-order valence-electron chi connectivity index (χ0n) is 12.2. The summed E-state index contributed by atoms with van der Waals surface area (Å²) in [7, 11) is 1.84. The molecule has 0 bridgehead atoms. The first-order valence-corrected chi connectivity index (χ1v) is 6.75. The van der Waals surface area contributed by atoms with Gasteiger partial charge < -0.3 is 9.64 Å². The Kier molecular flexibility index (Phi) is 9.14. The highest BCUT2D eigenvalue weighted by molar-refractivity contribution is 5.77. The van der Waals surface area contributed by atoms with Gasteiger partial charge in [0.25, 0.3) is 0 Å². The molecule has 0 aliphatic heterocycles. The molecule has 0 aromatic carbocycles. The van der Waals surface area contributed by atoms with Gasteiger partial charge in [-0.15, -0.1) is 0 Å². The third-order valence-corrected chi connectivity index (χ3v) is 2.61. The van der Waals surface area contributed by atoms with Gasteiger partial charge in [0.05, 0.1) is 0 Å². The van der Waals surface area contributed by atoms with Gasteiger partial charge in [-0.25, -0.2) is 0 Å². The number of rotatable bonds is 9. The van der Waals surface area contributed by atoms with E-state index in [2.05, 4.69) is 27.7 Å². The number of carbonyl (C=O) groups is 1. The van der Waals surface area contributed by atoms with Crippen LogP contribution in [-0.4, -0.2) is 37.6 Å². The SMILES string of the molecule is CC(C)CCCCOCC(=O)N(C)CC(C)C. The van der Waals surface area contributed by atoms with Crippen LogP contribution < -0.4 is 0 Å². The van der Waals surface area contributed by atoms with Crippen molar-refractivity contribution in [3.8, 4) is 0 Å². The highest BCUT2D eigenvalue weighted by Crippen LogP contribution is 2.06. The molecule has 0 aliphatic rings. The predicted molar refractivity (Wildman–Crippen MR) is 72.0 cm³/mol. The van der Waals surface area contributed by atoms with Gasteiger partial charge in [-0.1, -0.05) is 40.5 Å². The summed E-state index contributed by atoms with van der Waals surface area (Å²) in [5.41, 5.74) is 0. The maximum atomic E-state index is 11.6. The monoisotopic (exact) mass is 243 g/mol. The molecular weight excluding hydrogens is 214 g/mol. The van der Waals surface area contributed by atoms with E-state index in [4.69, 9.17) is 4.74 Å². The lowest BCUT2D eigenvalue weighted by atomic mass is 10.1. The van der Waals surface area contributed by atoms with E-state index in [0.29, 0.717) is 12.5 Å². The summed E-state index contributed by atoms with van der Waals surface area (Å²) in [6.45, 7) is 10.4.